The first-order valence-corrected chi connectivity index (χ1v) is 9.26. The Morgan fingerprint density at radius 2 is 1.92 bits per heavy atom. The summed E-state index contributed by atoms with van der Waals surface area (Å²) >= 11 is 0. The van der Waals surface area contributed by atoms with Crippen LogP contribution in [0.5, 0.6) is 0 Å². The summed E-state index contributed by atoms with van der Waals surface area (Å²) in [5, 5.41) is 3.09. The zero-order valence-electron chi connectivity index (χ0n) is 14.9. The summed E-state index contributed by atoms with van der Waals surface area (Å²) in [6, 6.07) is 15.2. The Bertz CT molecular complexity index is 719. The summed E-state index contributed by atoms with van der Waals surface area (Å²) in [4.78, 5) is 30.9. The second kappa shape index (κ2) is 9.13. The molecule has 2 aromatic rings. The molecule has 1 fully saturated rings. The van der Waals surface area contributed by atoms with Gasteiger partial charge in [0.05, 0.1) is 0 Å². The molecule has 0 radical (unpaired) electrons. The van der Waals surface area contributed by atoms with Gasteiger partial charge < -0.3 is 10.2 Å². The molecule has 2 heterocycles. The maximum absolute atomic E-state index is 12.6. The molecular weight excluding hydrogens is 326 g/mol. The monoisotopic (exact) mass is 351 g/mol. The van der Waals surface area contributed by atoms with E-state index in [4.69, 9.17) is 0 Å². The second-order valence-electron chi connectivity index (χ2n) is 6.70. The van der Waals surface area contributed by atoms with Crippen molar-refractivity contribution in [1.29, 1.82) is 0 Å². The molecule has 0 bridgehead atoms. The first-order chi connectivity index (χ1) is 12.7. The first kappa shape index (κ1) is 18.1. The lowest BCUT2D eigenvalue weighted by Gasteiger charge is -2.33. The maximum atomic E-state index is 12.6. The Balaban J connectivity index is 1.44. The number of rotatable bonds is 6. The number of hydrogen-bond donors (Lipinski definition) is 1. The Kier molecular flexibility index (Phi) is 6.36. The highest BCUT2D eigenvalue weighted by Gasteiger charge is 2.25. The Morgan fingerprint density at radius 3 is 2.69 bits per heavy atom. The van der Waals surface area contributed by atoms with Gasteiger partial charge >= 0.3 is 0 Å². The summed E-state index contributed by atoms with van der Waals surface area (Å²) < 4.78 is 0. The van der Waals surface area contributed by atoms with Crippen LogP contribution in [0.1, 0.15) is 41.7 Å². The zero-order valence-corrected chi connectivity index (χ0v) is 14.9. The number of likely N-dealkylation sites (tertiary alicyclic amines) is 1. The third kappa shape index (κ3) is 5.15. The smallest absolute Gasteiger partial charge is 0.253 e. The fourth-order valence-corrected chi connectivity index (χ4v) is 3.32. The van der Waals surface area contributed by atoms with E-state index in [-0.39, 0.29) is 17.9 Å². The van der Waals surface area contributed by atoms with Crippen LogP contribution in [0, 0.1) is 0 Å². The quantitative estimate of drug-likeness (QED) is 0.870. The van der Waals surface area contributed by atoms with Gasteiger partial charge in [-0.15, -0.1) is 0 Å². The molecule has 1 aliphatic heterocycles. The summed E-state index contributed by atoms with van der Waals surface area (Å²) in [5.74, 6) is 0.0969. The second-order valence-corrected chi connectivity index (χ2v) is 6.70. The molecule has 3 rings (SSSR count). The summed E-state index contributed by atoms with van der Waals surface area (Å²) in [7, 11) is 0. The van der Waals surface area contributed by atoms with E-state index in [0.717, 1.165) is 37.9 Å². The van der Waals surface area contributed by atoms with E-state index in [1.165, 1.54) is 0 Å². The minimum absolute atomic E-state index is 0.0405. The van der Waals surface area contributed by atoms with Crippen molar-refractivity contribution in [3.05, 3.63) is 66.0 Å². The Labute approximate surface area is 154 Å². The molecule has 5 heteroatoms. The topological polar surface area (TPSA) is 62.3 Å². The molecule has 26 heavy (non-hydrogen) atoms. The van der Waals surface area contributed by atoms with Crippen molar-refractivity contribution in [2.24, 2.45) is 0 Å². The van der Waals surface area contributed by atoms with Gasteiger partial charge in [-0.05, 0) is 49.9 Å². The van der Waals surface area contributed by atoms with Gasteiger partial charge in [-0.3, -0.25) is 14.6 Å². The molecule has 1 unspecified atom stereocenters. The van der Waals surface area contributed by atoms with Crippen molar-refractivity contribution >= 4 is 11.8 Å². The van der Waals surface area contributed by atoms with Gasteiger partial charge in [0.25, 0.3) is 5.91 Å². The van der Waals surface area contributed by atoms with E-state index < -0.39 is 0 Å². The molecule has 0 saturated carbocycles. The third-order valence-corrected chi connectivity index (χ3v) is 4.66. The van der Waals surface area contributed by atoms with E-state index in [2.05, 4.69) is 10.3 Å². The number of hydrogen-bond acceptors (Lipinski definition) is 3. The highest BCUT2D eigenvalue weighted by Crippen LogP contribution is 2.14. The van der Waals surface area contributed by atoms with Crippen LogP contribution >= 0.6 is 0 Å². The van der Waals surface area contributed by atoms with Crippen LogP contribution < -0.4 is 5.32 Å². The number of aromatic nitrogens is 1. The van der Waals surface area contributed by atoms with Crippen LogP contribution in [0.15, 0.2) is 54.7 Å². The molecule has 5 nitrogen and oxygen atoms in total. The number of nitrogens with one attached hydrogen (secondary N) is 1. The lowest BCUT2D eigenvalue weighted by Crippen LogP contribution is -2.49. The van der Waals surface area contributed by atoms with Gasteiger partial charge in [0.2, 0.25) is 5.91 Å². The zero-order chi connectivity index (χ0) is 18.2. The van der Waals surface area contributed by atoms with E-state index in [1.54, 1.807) is 6.20 Å². The van der Waals surface area contributed by atoms with Crippen LogP contribution in [-0.2, 0) is 11.2 Å². The minimum atomic E-state index is 0.0405. The fourth-order valence-electron chi connectivity index (χ4n) is 3.32. The molecule has 1 saturated heterocycles. The van der Waals surface area contributed by atoms with Crippen molar-refractivity contribution in [2.45, 2.75) is 38.1 Å². The molecule has 2 amide bonds. The molecule has 0 aliphatic carbocycles. The van der Waals surface area contributed by atoms with Crippen molar-refractivity contribution in [3.63, 3.8) is 0 Å². The van der Waals surface area contributed by atoms with Gasteiger partial charge in [0, 0.05) is 43.0 Å². The Morgan fingerprint density at radius 1 is 1.12 bits per heavy atom. The number of pyridine rings is 1. The number of carbonyl (C=O) groups is 2. The summed E-state index contributed by atoms with van der Waals surface area (Å²) in [6.45, 7) is 1.33. The van der Waals surface area contributed by atoms with Crippen LogP contribution in [-0.4, -0.2) is 40.8 Å². The van der Waals surface area contributed by atoms with Crippen molar-refractivity contribution in [1.82, 2.24) is 15.2 Å². The normalized spacial score (nSPS) is 16.9. The van der Waals surface area contributed by atoms with E-state index in [9.17, 15) is 9.59 Å². The van der Waals surface area contributed by atoms with Crippen LogP contribution in [0.2, 0.25) is 0 Å². The van der Waals surface area contributed by atoms with Crippen molar-refractivity contribution in [3.8, 4) is 0 Å². The predicted molar refractivity (Wildman–Crippen MR) is 101 cm³/mol. The van der Waals surface area contributed by atoms with E-state index in [0.29, 0.717) is 18.5 Å². The van der Waals surface area contributed by atoms with Gasteiger partial charge in [-0.1, -0.05) is 24.3 Å². The molecular formula is C21H25N3O2. The summed E-state index contributed by atoms with van der Waals surface area (Å²) in [6.07, 6.45) is 5.68. The predicted octanol–water partition coefficient (Wildman–Crippen LogP) is 2.83. The lowest BCUT2D eigenvalue weighted by atomic mass is 10.0. The van der Waals surface area contributed by atoms with Crippen LogP contribution in [0.25, 0.3) is 0 Å². The SMILES string of the molecule is O=C(CCCc1ccccn1)NC1CCCN(C(=O)c2ccccc2)C1. The average molecular weight is 351 g/mol. The number of benzene rings is 1. The molecule has 1 aliphatic rings. The average Bonchev–Trinajstić information content (AvgIpc) is 2.69. The molecule has 1 aromatic carbocycles. The minimum Gasteiger partial charge on any atom is -0.352 e. The van der Waals surface area contributed by atoms with Gasteiger partial charge in [0.1, 0.15) is 0 Å². The molecule has 1 aromatic heterocycles. The number of carbonyl (C=O) groups excluding carboxylic acids is 2. The largest absolute Gasteiger partial charge is 0.352 e. The highest BCUT2D eigenvalue weighted by atomic mass is 16.2. The molecule has 1 N–H and O–H groups in total. The van der Waals surface area contributed by atoms with E-state index in [1.807, 2.05) is 53.4 Å². The van der Waals surface area contributed by atoms with Crippen molar-refractivity contribution < 1.29 is 9.59 Å². The van der Waals surface area contributed by atoms with Gasteiger partial charge in [0.15, 0.2) is 0 Å². The lowest BCUT2D eigenvalue weighted by molar-refractivity contribution is -0.122. The third-order valence-electron chi connectivity index (χ3n) is 4.66. The molecule has 136 valence electrons. The number of amides is 2. The number of aryl methyl sites for hydroxylation is 1. The fraction of sp³-hybridized carbons (Fsp3) is 0.381. The summed E-state index contributed by atoms with van der Waals surface area (Å²) in [5.41, 5.74) is 1.72. The van der Waals surface area contributed by atoms with Gasteiger partial charge in [-0.2, -0.15) is 0 Å². The number of nitrogens with zero attached hydrogens (tertiary/aromatic N) is 2. The highest BCUT2D eigenvalue weighted by molar-refractivity contribution is 5.94. The number of piperidine rings is 1. The van der Waals surface area contributed by atoms with Crippen LogP contribution in [0.3, 0.4) is 0 Å². The molecule has 1 atom stereocenters. The maximum Gasteiger partial charge on any atom is 0.253 e. The Hall–Kier alpha value is -2.69. The van der Waals surface area contributed by atoms with E-state index >= 15 is 0 Å². The van der Waals surface area contributed by atoms with Gasteiger partial charge in [-0.25, -0.2) is 0 Å². The first-order valence-electron chi connectivity index (χ1n) is 9.26. The molecule has 0 spiro atoms. The van der Waals surface area contributed by atoms with Crippen LogP contribution in [0.4, 0.5) is 0 Å². The van der Waals surface area contributed by atoms with Crippen molar-refractivity contribution in [2.75, 3.05) is 13.1 Å². The standard InChI is InChI=1S/C21H25N3O2/c25-20(13-6-11-18-10-4-5-14-22-18)23-19-12-7-15-24(16-19)21(26)17-8-2-1-3-9-17/h1-5,8-10,14,19H,6-7,11-13,15-16H2,(H,23,25).